The molecule has 3 heteroatoms. The summed E-state index contributed by atoms with van der Waals surface area (Å²) >= 11 is 0. The zero-order chi connectivity index (χ0) is 13.0. The Morgan fingerprint density at radius 3 is 2.41 bits per heavy atom. The molecule has 0 saturated carbocycles. The molecule has 0 aromatic heterocycles. The predicted molar refractivity (Wildman–Crippen MR) is 71.1 cm³/mol. The van der Waals surface area contributed by atoms with E-state index < -0.39 is 0 Å². The van der Waals surface area contributed by atoms with E-state index in [-0.39, 0.29) is 0 Å². The molecule has 17 heavy (non-hydrogen) atoms. The molecule has 0 fully saturated rings. The van der Waals surface area contributed by atoms with Crippen LogP contribution in [0.25, 0.3) is 0 Å². The quantitative estimate of drug-likeness (QED) is 0.879. The van der Waals surface area contributed by atoms with E-state index >= 15 is 0 Å². The van der Waals surface area contributed by atoms with Gasteiger partial charge < -0.3 is 15.2 Å². The highest BCUT2D eigenvalue weighted by molar-refractivity contribution is 5.60. The molecule has 96 valence electrons. The molecule has 1 aromatic rings. The fourth-order valence-electron chi connectivity index (χ4n) is 2.37. The summed E-state index contributed by atoms with van der Waals surface area (Å²) < 4.78 is 10.8. The van der Waals surface area contributed by atoms with Crippen molar-refractivity contribution in [2.45, 2.75) is 33.1 Å². The average Bonchev–Trinajstić information content (AvgIpc) is 2.34. The Morgan fingerprint density at radius 2 is 1.94 bits per heavy atom. The van der Waals surface area contributed by atoms with Crippen LogP contribution in [0.3, 0.4) is 0 Å². The molecule has 0 saturated heterocycles. The maximum Gasteiger partial charge on any atom is 0.125 e. The summed E-state index contributed by atoms with van der Waals surface area (Å²) in [5.41, 5.74) is 9.34. The van der Waals surface area contributed by atoms with E-state index in [9.17, 15) is 0 Å². The minimum atomic E-state index is 0.435. The van der Waals surface area contributed by atoms with Crippen molar-refractivity contribution in [1.82, 2.24) is 0 Å². The van der Waals surface area contributed by atoms with Gasteiger partial charge in [0.2, 0.25) is 0 Å². The first-order valence-electron chi connectivity index (χ1n) is 6.17. The molecule has 0 radical (unpaired) electrons. The lowest BCUT2D eigenvalue weighted by molar-refractivity contribution is 0.374. The van der Waals surface area contributed by atoms with Crippen molar-refractivity contribution in [1.29, 1.82) is 0 Å². The molecule has 2 N–H and O–H groups in total. The number of methoxy groups -OCH3 is 2. The van der Waals surface area contributed by atoms with Crippen molar-refractivity contribution in [2.75, 3.05) is 20.8 Å². The Labute approximate surface area is 104 Å². The third kappa shape index (κ3) is 2.25. The number of aryl methyl sites for hydroxylation is 1. The van der Waals surface area contributed by atoms with Gasteiger partial charge in [-0.3, -0.25) is 0 Å². The van der Waals surface area contributed by atoms with Gasteiger partial charge in [-0.15, -0.1) is 0 Å². The zero-order valence-corrected chi connectivity index (χ0v) is 11.5. The zero-order valence-electron chi connectivity index (χ0n) is 11.5. The van der Waals surface area contributed by atoms with Gasteiger partial charge in [-0.2, -0.15) is 0 Å². The summed E-state index contributed by atoms with van der Waals surface area (Å²) in [4.78, 5) is 0. The standard InChI is InChI=1S/C12H17NO2.C2H6/c1-7-4-10(14-2)11-8(6-13)5-9(11)12(7)15-3;1-2/h4,8H,5-6,13H2,1-3H3;1-2H3. The molecule has 1 aliphatic rings. The Bertz CT molecular complexity index is 388. The van der Waals surface area contributed by atoms with Crippen LogP contribution in [-0.2, 0) is 6.42 Å². The average molecular weight is 237 g/mol. The lowest BCUT2D eigenvalue weighted by Crippen LogP contribution is -2.26. The predicted octanol–water partition coefficient (Wildman–Crippen LogP) is 2.64. The van der Waals surface area contributed by atoms with Gasteiger partial charge in [-0.1, -0.05) is 13.8 Å². The van der Waals surface area contributed by atoms with Crippen molar-refractivity contribution in [2.24, 2.45) is 5.73 Å². The molecule has 0 spiro atoms. The normalized spacial score (nSPS) is 16.2. The minimum Gasteiger partial charge on any atom is -0.496 e. The molecule has 0 bridgehead atoms. The summed E-state index contributed by atoms with van der Waals surface area (Å²) in [6.07, 6.45) is 1.01. The number of rotatable bonds is 3. The SMILES string of the molecule is CC.COc1cc(C)c(OC)c2c1C(CN)C2. The summed E-state index contributed by atoms with van der Waals surface area (Å²) in [5.74, 6) is 2.38. The van der Waals surface area contributed by atoms with Crippen molar-refractivity contribution in [3.8, 4) is 11.5 Å². The fraction of sp³-hybridized carbons (Fsp3) is 0.571. The molecule has 1 unspecified atom stereocenters. The number of ether oxygens (including phenoxy) is 2. The largest absolute Gasteiger partial charge is 0.496 e. The monoisotopic (exact) mass is 237 g/mol. The van der Waals surface area contributed by atoms with Gasteiger partial charge in [0.25, 0.3) is 0 Å². The summed E-state index contributed by atoms with van der Waals surface area (Å²) in [7, 11) is 3.41. The van der Waals surface area contributed by atoms with E-state index in [4.69, 9.17) is 15.2 Å². The number of fused-ring (bicyclic) bond motifs is 1. The highest BCUT2D eigenvalue weighted by Crippen LogP contribution is 2.47. The summed E-state index contributed by atoms with van der Waals surface area (Å²) in [5, 5.41) is 0. The lowest BCUT2D eigenvalue weighted by Gasteiger charge is -2.33. The van der Waals surface area contributed by atoms with Crippen molar-refractivity contribution in [3.05, 3.63) is 22.8 Å². The minimum absolute atomic E-state index is 0.435. The number of hydrogen-bond donors (Lipinski definition) is 1. The van der Waals surface area contributed by atoms with Gasteiger partial charge in [0.15, 0.2) is 0 Å². The van der Waals surface area contributed by atoms with Crippen LogP contribution < -0.4 is 15.2 Å². The van der Waals surface area contributed by atoms with Crippen LogP contribution in [0.4, 0.5) is 0 Å². The van der Waals surface area contributed by atoms with Crippen molar-refractivity contribution in [3.63, 3.8) is 0 Å². The molecule has 1 aliphatic carbocycles. The molecule has 3 nitrogen and oxygen atoms in total. The fourth-order valence-corrected chi connectivity index (χ4v) is 2.37. The summed E-state index contributed by atoms with van der Waals surface area (Å²) in [6.45, 7) is 6.72. The Morgan fingerprint density at radius 1 is 1.29 bits per heavy atom. The maximum absolute atomic E-state index is 5.71. The first kappa shape index (κ1) is 13.8. The van der Waals surface area contributed by atoms with E-state index in [2.05, 4.69) is 0 Å². The van der Waals surface area contributed by atoms with Crippen LogP contribution in [0.15, 0.2) is 6.07 Å². The second-order valence-corrected chi connectivity index (χ2v) is 3.96. The van der Waals surface area contributed by atoms with Gasteiger partial charge in [0.1, 0.15) is 11.5 Å². The van der Waals surface area contributed by atoms with E-state index in [1.54, 1.807) is 14.2 Å². The highest BCUT2D eigenvalue weighted by Gasteiger charge is 2.32. The second-order valence-electron chi connectivity index (χ2n) is 3.96. The van der Waals surface area contributed by atoms with E-state index in [1.165, 1.54) is 11.1 Å². The van der Waals surface area contributed by atoms with Crippen LogP contribution in [-0.4, -0.2) is 20.8 Å². The van der Waals surface area contributed by atoms with Crippen molar-refractivity contribution < 1.29 is 9.47 Å². The number of nitrogens with two attached hydrogens (primary N) is 1. The van der Waals surface area contributed by atoms with Crippen molar-refractivity contribution >= 4 is 0 Å². The lowest BCUT2D eigenvalue weighted by atomic mass is 9.75. The van der Waals surface area contributed by atoms with Gasteiger partial charge in [-0.05, 0) is 31.5 Å². The topological polar surface area (TPSA) is 44.5 Å². The summed E-state index contributed by atoms with van der Waals surface area (Å²) in [6, 6.07) is 2.03. The second kappa shape index (κ2) is 5.92. The molecule has 2 rings (SSSR count). The molecule has 1 atom stereocenters. The first-order valence-corrected chi connectivity index (χ1v) is 6.17. The third-order valence-electron chi connectivity index (χ3n) is 3.14. The molecular formula is C14H23NO2. The number of hydrogen-bond acceptors (Lipinski definition) is 3. The Kier molecular flexibility index (Phi) is 4.82. The van der Waals surface area contributed by atoms with E-state index in [0.29, 0.717) is 12.5 Å². The van der Waals surface area contributed by atoms with Gasteiger partial charge in [-0.25, -0.2) is 0 Å². The molecular weight excluding hydrogens is 214 g/mol. The Balaban J connectivity index is 0.000000686. The highest BCUT2D eigenvalue weighted by atomic mass is 16.5. The van der Waals surface area contributed by atoms with Crippen LogP contribution in [0.2, 0.25) is 0 Å². The van der Waals surface area contributed by atoms with Gasteiger partial charge >= 0.3 is 0 Å². The third-order valence-corrected chi connectivity index (χ3v) is 3.14. The Hall–Kier alpha value is -1.22. The maximum atomic E-state index is 5.71. The van der Waals surface area contributed by atoms with Crippen LogP contribution in [0, 0.1) is 6.92 Å². The van der Waals surface area contributed by atoms with Gasteiger partial charge in [0, 0.05) is 17.0 Å². The van der Waals surface area contributed by atoms with Crippen LogP contribution in [0.1, 0.15) is 36.5 Å². The van der Waals surface area contributed by atoms with Crippen LogP contribution >= 0.6 is 0 Å². The molecule has 0 aliphatic heterocycles. The van der Waals surface area contributed by atoms with Gasteiger partial charge in [0.05, 0.1) is 14.2 Å². The van der Waals surface area contributed by atoms with E-state index in [1.807, 2.05) is 26.8 Å². The smallest absolute Gasteiger partial charge is 0.125 e. The molecule has 0 amide bonds. The number of benzene rings is 1. The van der Waals surface area contributed by atoms with E-state index in [0.717, 1.165) is 23.5 Å². The first-order chi connectivity index (χ1) is 8.22. The molecule has 1 aromatic carbocycles. The molecule has 0 heterocycles. The van der Waals surface area contributed by atoms with Crippen LogP contribution in [0.5, 0.6) is 11.5 Å².